The van der Waals surface area contributed by atoms with E-state index in [0.29, 0.717) is 0 Å². The number of halogens is 2. The van der Waals surface area contributed by atoms with Gasteiger partial charge in [0.25, 0.3) is 10.0 Å². The SMILES string of the molecule is COC(=O)c1cc(S(=O)(=O)Nc2ccc(F)cc2)ccc1Cl. The van der Waals surface area contributed by atoms with Crippen LogP contribution in [0.5, 0.6) is 0 Å². The fourth-order valence-electron chi connectivity index (χ4n) is 1.67. The standard InChI is InChI=1S/C14H11ClFNO4S/c1-21-14(18)12-8-11(6-7-13(12)15)22(19,20)17-10-4-2-9(16)3-5-10/h2-8,17H,1H3. The van der Waals surface area contributed by atoms with Gasteiger partial charge in [0.2, 0.25) is 0 Å². The second-order valence-electron chi connectivity index (χ2n) is 4.25. The Labute approximate surface area is 131 Å². The van der Waals surface area contributed by atoms with E-state index in [-0.39, 0.29) is 21.2 Å². The monoisotopic (exact) mass is 343 g/mol. The van der Waals surface area contributed by atoms with Crippen molar-refractivity contribution in [2.75, 3.05) is 11.8 Å². The molecule has 5 nitrogen and oxygen atoms in total. The minimum absolute atomic E-state index is 0.0638. The average Bonchev–Trinajstić information content (AvgIpc) is 2.49. The average molecular weight is 344 g/mol. The van der Waals surface area contributed by atoms with E-state index in [1.807, 2.05) is 0 Å². The number of benzene rings is 2. The van der Waals surface area contributed by atoms with Gasteiger partial charge >= 0.3 is 5.97 Å². The van der Waals surface area contributed by atoms with Crippen LogP contribution in [0.4, 0.5) is 10.1 Å². The first-order valence-corrected chi connectivity index (χ1v) is 7.86. The van der Waals surface area contributed by atoms with E-state index >= 15 is 0 Å². The molecule has 22 heavy (non-hydrogen) atoms. The molecule has 0 saturated heterocycles. The molecule has 0 radical (unpaired) electrons. The van der Waals surface area contributed by atoms with E-state index in [9.17, 15) is 17.6 Å². The Hall–Kier alpha value is -2.12. The Balaban J connectivity index is 2.37. The molecular formula is C14H11ClFNO4S. The van der Waals surface area contributed by atoms with Crippen LogP contribution in [0, 0.1) is 5.82 Å². The predicted molar refractivity (Wildman–Crippen MR) is 80.0 cm³/mol. The zero-order valence-electron chi connectivity index (χ0n) is 11.3. The van der Waals surface area contributed by atoms with Crippen molar-refractivity contribution in [3.63, 3.8) is 0 Å². The molecule has 116 valence electrons. The molecule has 0 saturated carbocycles. The van der Waals surface area contributed by atoms with Gasteiger partial charge in [-0.25, -0.2) is 17.6 Å². The van der Waals surface area contributed by atoms with Gasteiger partial charge in [0.05, 0.1) is 22.6 Å². The summed E-state index contributed by atoms with van der Waals surface area (Å²) in [5, 5.41) is 0.0765. The van der Waals surface area contributed by atoms with Crippen molar-refractivity contribution < 1.29 is 22.3 Å². The third kappa shape index (κ3) is 3.55. The van der Waals surface area contributed by atoms with Gasteiger partial charge < -0.3 is 4.74 Å². The highest BCUT2D eigenvalue weighted by Crippen LogP contribution is 2.23. The third-order valence-electron chi connectivity index (χ3n) is 2.75. The van der Waals surface area contributed by atoms with Gasteiger partial charge in [-0.1, -0.05) is 11.6 Å². The van der Waals surface area contributed by atoms with Gasteiger partial charge in [-0.2, -0.15) is 0 Å². The molecule has 2 rings (SSSR count). The van der Waals surface area contributed by atoms with Gasteiger partial charge in [-0.15, -0.1) is 0 Å². The van der Waals surface area contributed by atoms with Crippen molar-refractivity contribution in [1.29, 1.82) is 0 Å². The maximum atomic E-state index is 12.8. The van der Waals surface area contributed by atoms with Gasteiger partial charge in [-0.3, -0.25) is 4.72 Å². The maximum absolute atomic E-state index is 12.8. The van der Waals surface area contributed by atoms with Crippen LogP contribution in [0.15, 0.2) is 47.4 Å². The number of methoxy groups -OCH3 is 1. The summed E-state index contributed by atoms with van der Waals surface area (Å²) in [5.41, 5.74) is 0.127. The number of rotatable bonds is 4. The van der Waals surface area contributed by atoms with Crippen LogP contribution < -0.4 is 4.72 Å². The minimum atomic E-state index is -3.95. The summed E-state index contributed by atoms with van der Waals surface area (Å²) in [6.07, 6.45) is 0. The van der Waals surface area contributed by atoms with Crippen LogP contribution in [0.2, 0.25) is 5.02 Å². The van der Waals surface area contributed by atoms with Crippen LogP contribution in [-0.4, -0.2) is 21.5 Å². The van der Waals surface area contributed by atoms with Crippen molar-refractivity contribution in [2.45, 2.75) is 4.90 Å². The van der Waals surface area contributed by atoms with Crippen LogP contribution in [0.1, 0.15) is 10.4 Å². The Morgan fingerprint density at radius 2 is 1.82 bits per heavy atom. The van der Waals surface area contributed by atoms with Gasteiger partial charge in [0.15, 0.2) is 0 Å². The summed E-state index contributed by atoms with van der Waals surface area (Å²) in [4.78, 5) is 11.4. The smallest absolute Gasteiger partial charge is 0.339 e. The van der Waals surface area contributed by atoms with Crippen molar-refractivity contribution in [2.24, 2.45) is 0 Å². The van der Waals surface area contributed by atoms with E-state index in [4.69, 9.17) is 11.6 Å². The van der Waals surface area contributed by atoms with Gasteiger partial charge in [0, 0.05) is 5.69 Å². The lowest BCUT2D eigenvalue weighted by molar-refractivity contribution is 0.0600. The maximum Gasteiger partial charge on any atom is 0.339 e. The number of hydrogen-bond donors (Lipinski definition) is 1. The lowest BCUT2D eigenvalue weighted by Gasteiger charge is -2.10. The Kier molecular flexibility index (Phi) is 4.68. The summed E-state index contributed by atoms with van der Waals surface area (Å²) in [7, 11) is -2.78. The van der Waals surface area contributed by atoms with Crippen molar-refractivity contribution in [3.05, 3.63) is 58.9 Å². The largest absolute Gasteiger partial charge is 0.465 e. The molecule has 0 spiro atoms. The van der Waals surface area contributed by atoms with Crippen LogP contribution >= 0.6 is 11.6 Å². The molecule has 0 aliphatic heterocycles. The lowest BCUT2D eigenvalue weighted by Crippen LogP contribution is -2.14. The van der Waals surface area contributed by atoms with E-state index in [1.54, 1.807) is 0 Å². The quantitative estimate of drug-likeness (QED) is 0.866. The molecule has 1 N–H and O–H groups in total. The molecule has 0 fully saturated rings. The van der Waals surface area contributed by atoms with Crippen molar-refractivity contribution in [3.8, 4) is 0 Å². The first-order valence-electron chi connectivity index (χ1n) is 6.00. The van der Waals surface area contributed by atoms with E-state index in [1.165, 1.54) is 24.3 Å². The summed E-state index contributed by atoms with van der Waals surface area (Å²) in [6, 6.07) is 8.46. The van der Waals surface area contributed by atoms with Gasteiger partial charge in [0.1, 0.15) is 5.82 Å². The van der Waals surface area contributed by atoms with E-state index in [2.05, 4.69) is 9.46 Å². The number of nitrogens with one attached hydrogen (secondary N) is 1. The zero-order valence-corrected chi connectivity index (χ0v) is 12.9. The van der Waals surface area contributed by atoms with Crippen LogP contribution in [0.25, 0.3) is 0 Å². The highest BCUT2D eigenvalue weighted by molar-refractivity contribution is 7.92. The van der Waals surface area contributed by atoms with Crippen LogP contribution in [-0.2, 0) is 14.8 Å². The highest BCUT2D eigenvalue weighted by atomic mass is 35.5. The molecule has 8 heteroatoms. The number of carbonyl (C=O) groups excluding carboxylic acids is 1. The van der Waals surface area contributed by atoms with Crippen LogP contribution in [0.3, 0.4) is 0 Å². The summed E-state index contributed by atoms with van der Waals surface area (Å²) >= 11 is 5.84. The van der Waals surface area contributed by atoms with Crippen molar-refractivity contribution >= 4 is 33.3 Å². The number of sulfonamides is 1. The molecular weight excluding hydrogens is 333 g/mol. The fourth-order valence-corrected chi connectivity index (χ4v) is 2.95. The summed E-state index contributed by atoms with van der Waals surface area (Å²) in [5.74, 6) is -1.23. The Morgan fingerprint density at radius 1 is 1.18 bits per heavy atom. The lowest BCUT2D eigenvalue weighted by atomic mass is 10.2. The summed E-state index contributed by atoms with van der Waals surface area (Å²) in [6.45, 7) is 0. The van der Waals surface area contributed by atoms with Crippen molar-refractivity contribution in [1.82, 2.24) is 0 Å². The second kappa shape index (κ2) is 6.33. The first kappa shape index (κ1) is 16.3. The molecule has 0 aliphatic rings. The molecule has 0 bridgehead atoms. The summed E-state index contributed by atoms with van der Waals surface area (Å²) < 4.78 is 44.2. The zero-order chi connectivity index (χ0) is 16.3. The predicted octanol–water partition coefficient (Wildman–Crippen LogP) is 3.07. The molecule has 0 aliphatic carbocycles. The number of ether oxygens (including phenoxy) is 1. The topological polar surface area (TPSA) is 72.5 Å². The second-order valence-corrected chi connectivity index (χ2v) is 6.34. The molecule has 0 unspecified atom stereocenters. The fraction of sp³-hybridized carbons (Fsp3) is 0.0714. The number of esters is 1. The van der Waals surface area contributed by atoms with E-state index < -0.39 is 21.8 Å². The third-order valence-corrected chi connectivity index (χ3v) is 4.46. The molecule has 2 aromatic rings. The highest BCUT2D eigenvalue weighted by Gasteiger charge is 2.19. The molecule has 0 aromatic heterocycles. The normalized spacial score (nSPS) is 11.0. The Bertz CT molecular complexity index is 806. The number of anilines is 1. The molecule has 0 amide bonds. The van der Waals surface area contributed by atoms with E-state index in [0.717, 1.165) is 25.3 Å². The number of carbonyl (C=O) groups is 1. The minimum Gasteiger partial charge on any atom is -0.465 e. The molecule has 0 heterocycles. The van der Waals surface area contributed by atoms with Gasteiger partial charge in [-0.05, 0) is 42.5 Å². The molecule has 2 aromatic carbocycles. The molecule has 0 atom stereocenters. The first-order chi connectivity index (χ1) is 10.3. The Morgan fingerprint density at radius 3 is 2.41 bits per heavy atom. The number of hydrogen-bond acceptors (Lipinski definition) is 4.